The first-order valence-electron chi connectivity index (χ1n) is 6.95. The molecule has 0 saturated carbocycles. The molecule has 0 atom stereocenters. The van der Waals surface area contributed by atoms with Gasteiger partial charge in [0, 0.05) is 20.3 Å². The molecule has 0 radical (unpaired) electrons. The summed E-state index contributed by atoms with van der Waals surface area (Å²) in [5, 5.41) is 0. The van der Waals surface area contributed by atoms with E-state index in [1.54, 1.807) is 18.2 Å². The van der Waals surface area contributed by atoms with Crippen molar-refractivity contribution in [2.24, 2.45) is 14.1 Å². The van der Waals surface area contributed by atoms with E-state index in [-0.39, 0.29) is 11.7 Å². The summed E-state index contributed by atoms with van der Waals surface area (Å²) in [7, 11) is -1.78. The lowest BCUT2D eigenvalue weighted by molar-refractivity contribution is 0.476. The molecule has 124 valence electrons. The van der Waals surface area contributed by atoms with Gasteiger partial charge in [-0.2, -0.15) is 8.42 Å². The molecule has 1 aromatic carbocycles. The van der Waals surface area contributed by atoms with Gasteiger partial charge in [0.2, 0.25) is 0 Å². The van der Waals surface area contributed by atoms with Crippen molar-refractivity contribution in [3.8, 4) is 5.75 Å². The van der Waals surface area contributed by atoms with E-state index in [2.05, 4.69) is 0 Å². The summed E-state index contributed by atoms with van der Waals surface area (Å²) in [5.74, 6) is 0.211. The van der Waals surface area contributed by atoms with E-state index in [0.717, 1.165) is 15.3 Å². The first-order chi connectivity index (χ1) is 10.6. The molecule has 23 heavy (non-hydrogen) atoms. The zero-order chi connectivity index (χ0) is 17.4. The average molecular weight is 338 g/mol. The summed E-state index contributed by atoms with van der Waals surface area (Å²) in [6, 6.07) is 6.71. The third kappa shape index (κ3) is 3.21. The van der Waals surface area contributed by atoms with Gasteiger partial charge in [-0.3, -0.25) is 9.36 Å². The average Bonchev–Trinajstić information content (AvgIpc) is 2.48. The molecule has 0 saturated heterocycles. The van der Waals surface area contributed by atoms with Crippen molar-refractivity contribution in [3.05, 3.63) is 56.9 Å². The quantitative estimate of drug-likeness (QED) is 0.776. The van der Waals surface area contributed by atoms with Crippen LogP contribution in [0.15, 0.2) is 44.9 Å². The highest BCUT2D eigenvalue weighted by Crippen LogP contribution is 2.27. The number of hydrogen-bond acceptors (Lipinski definition) is 5. The molecule has 0 N–H and O–H groups in total. The van der Waals surface area contributed by atoms with Crippen LogP contribution in [0.5, 0.6) is 5.75 Å². The molecule has 1 aromatic heterocycles. The number of aryl methyl sites for hydroxylation is 1. The van der Waals surface area contributed by atoms with Crippen molar-refractivity contribution < 1.29 is 12.6 Å². The lowest BCUT2D eigenvalue weighted by Gasteiger charge is -2.14. The van der Waals surface area contributed by atoms with Gasteiger partial charge in [0.1, 0.15) is 5.75 Å². The first-order valence-corrected chi connectivity index (χ1v) is 8.36. The Morgan fingerprint density at radius 1 is 1.09 bits per heavy atom. The van der Waals surface area contributed by atoms with Crippen LogP contribution in [0, 0.1) is 0 Å². The van der Waals surface area contributed by atoms with E-state index in [1.807, 2.05) is 13.8 Å². The van der Waals surface area contributed by atoms with Gasteiger partial charge in [0.25, 0.3) is 5.56 Å². The van der Waals surface area contributed by atoms with E-state index >= 15 is 0 Å². The van der Waals surface area contributed by atoms with Crippen LogP contribution in [0.2, 0.25) is 0 Å². The smallest absolute Gasteiger partial charge is 0.346 e. The molecule has 0 aliphatic carbocycles. The van der Waals surface area contributed by atoms with E-state index in [1.165, 1.54) is 20.2 Å². The van der Waals surface area contributed by atoms with Gasteiger partial charge < -0.3 is 8.75 Å². The summed E-state index contributed by atoms with van der Waals surface area (Å²) < 4.78 is 31.8. The highest BCUT2D eigenvalue weighted by Gasteiger charge is 2.25. The molecule has 0 aliphatic rings. The molecule has 0 amide bonds. The molecule has 2 rings (SSSR count). The Bertz CT molecular complexity index is 955. The van der Waals surface area contributed by atoms with Gasteiger partial charge in [-0.25, -0.2) is 4.79 Å². The third-order valence-electron chi connectivity index (χ3n) is 3.42. The van der Waals surface area contributed by atoms with Gasteiger partial charge in [0.05, 0.1) is 0 Å². The minimum atomic E-state index is -4.35. The van der Waals surface area contributed by atoms with Gasteiger partial charge in [-0.1, -0.05) is 32.0 Å². The Labute approximate surface area is 133 Å². The van der Waals surface area contributed by atoms with E-state index < -0.39 is 26.3 Å². The lowest BCUT2D eigenvalue weighted by atomic mass is 10.0. The summed E-state index contributed by atoms with van der Waals surface area (Å²) in [6.07, 6.45) is 0.970. The van der Waals surface area contributed by atoms with Crippen LogP contribution in [0.3, 0.4) is 0 Å². The molecular formula is C15H18N2O5S. The fourth-order valence-electron chi connectivity index (χ4n) is 2.14. The van der Waals surface area contributed by atoms with E-state index in [0.29, 0.717) is 5.56 Å². The van der Waals surface area contributed by atoms with E-state index in [9.17, 15) is 18.0 Å². The van der Waals surface area contributed by atoms with Crippen molar-refractivity contribution in [3.63, 3.8) is 0 Å². The van der Waals surface area contributed by atoms with Gasteiger partial charge in [-0.05, 0) is 17.5 Å². The highest BCUT2D eigenvalue weighted by atomic mass is 32.2. The minimum absolute atomic E-state index is 0.0457. The fraction of sp³-hybridized carbons (Fsp3) is 0.333. The van der Waals surface area contributed by atoms with Crippen molar-refractivity contribution in [2.45, 2.75) is 24.7 Å². The first kappa shape index (κ1) is 17.0. The SMILES string of the molecule is CC(C)c1ccccc1OS(=O)(=O)c1cn(C)c(=O)n(C)c1=O. The summed E-state index contributed by atoms with van der Waals surface area (Å²) in [6.45, 7) is 3.81. The predicted octanol–water partition coefficient (Wildman–Crippen LogP) is 0.975. The van der Waals surface area contributed by atoms with Crippen LogP contribution >= 0.6 is 0 Å². The number of aromatic nitrogens is 2. The molecule has 0 bridgehead atoms. The topological polar surface area (TPSA) is 87.4 Å². The molecule has 7 nitrogen and oxygen atoms in total. The van der Waals surface area contributed by atoms with Crippen molar-refractivity contribution in [1.29, 1.82) is 0 Å². The van der Waals surface area contributed by atoms with Gasteiger partial charge in [0.15, 0.2) is 4.90 Å². The van der Waals surface area contributed by atoms with Gasteiger partial charge >= 0.3 is 15.8 Å². The largest absolute Gasteiger partial charge is 0.378 e. The van der Waals surface area contributed by atoms with Gasteiger partial charge in [-0.15, -0.1) is 0 Å². The van der Waals surface area contributed by atoms with E-state index in [4.69, 9.17) is 4.18 Å². The molecule has 1 heterocycles. The number of benzene rings is 1. The molecule has 0 aliphatic heterocycles. The normalized spacial score (nSPS) is 11.7. The fourth-order valence-corrected chi connectivity index (χ4v) is 3.26. The monoisotopic (exact) mass is 338 g/mol. The Balaban J connectivity index is 2.58. The maximum atomic E-state index is 12.5. The number of rotatable bonds is 4. The summed E-state index contributed by atoms with van der Waals surface area (Å²) in [5.41, 5.74) is -0.829. The van der Waals surface area contributed by atoms with Crippen LogP contribution in [0.25, 0.3) is 0 Å². The lowest BCUT2D eigenvalue weighted by Crippen LogP contribution is -2.39. The van der Waals surface area contributed by atoms with Crippen molar-refractivity contribution in [2.75, 3.05) is 0 Å². The van der Waals surface area contributed by atoms with Crippen molar-refractivity contribution in [1.82, 2.24) is 9.13 Å². The second-order valence-corrected chi connectivity index (χ2v) is 7.00. The van der Waals surface area contributed by atoms with Crippen molar-refractivity contribution >= 4 is 10.1 Å². The number of hydrogen-bond donors (Lipinski definition) is 0. The zero-order valence-electron chi connectivity index (χ0n) is 13.3. The zero-order valence-corrected chi connectivity index (χ0v) is 14.1. The Morgan fingerprint density at radius 2 is 1.70 bits per heavy atom. The summed E-state index contributed by atoms with van der Waals surface area (Å²) >= 11 is 0. The maximum absolute atomic E-state index is 12.5. The van der Waals surface area contributed by atoms with Crippen LogP contribution < -0.4 is 15.4 Å². The maximum Gasteiger partial charge on any atom is 0.346 e. The Kier molecular flexibility index (Phi) is 4.46. The number of nitrogens with zero attached hydrogens (tertiary/aromatic N) is 2. The molecular weight excluding hydrogens is 320 g/mol. The van der Waals surface area contributed by atoms with Crippen LogP contribution in [-0.4, -0.2) is 17.6 Å². The predicted molar refractivity (Wildman–Crippen MR) is 85.3 cm³/mol. The summed E-state index contributed by atoms with van der Waals surface area (Å²) in [4.78, 5) is 23.2. The highest BCUT2D eigenvalue weighted by molar-refractivity contribution is 7.87. The van der Waals surface area contributed by atoms with Crippen LogP contribution in [0.1, 0.15) is 25.3 Å². The Hall–Kier alpha value is -2.35. The molecule has 8 heteroatoms. The second kappa shape index (κ2) is 6.04. The number of para-hydroxylation sites is 1. The molecule has 0 spiro atoms. The Morgan fingerprint density at radius 3 is 2.30 bits per heavy atom. The van der Waals surface area contributed by atoms with Crippen LogP contribution in [-0.2, 0) is 24.2 Å². The second-order valence-electron chi connectivity index (χ2n) is 5.48. The molecule has 2 aromatic rings. The third-order valence-corrected chi connectivity index (χ3v) is 4.64. The molecule has 0 unspecified atom stereocenters. The minimum Gasteiger partial charge on any atom is -0.378 e. The van der Waals surface area contributed by atoms with Crippen LogP contribution in [0.4, 0.5) is 0 Å². The molecule has 0 fully saturated rings. The standard InChI is InChI=1S/C15H18N2O5S/c1-10(2)11-7-5-6-8-12(11)22-23(20,21)13-9-16(3)15(19)17(4)14(13)18/h5-10H,1-4H3.